The molecule has 27 heavy (non-hydrogen) atoms. The second-order valence-corrected chi connectivity index (χ2v) is 5.78. The maximum atomic E-state index is 12.4. The van der Waals surface area contributed by atoms with Crippen molar-refractivity contribution in [3.63, 3.8) is 0 Å². The van der Waals surface area contributed by atoms with Crippen molar-refractivity contribution in [3.05, 3.63) is 96.6 Å². The maximum Gasteiger partial charge on any atom is 0.250 e. The Balaban J connectivity index is 1.69. The second-order valence-electron chi connectivity index (χ2n) is 5.78. The zero-order valence-corrected chi connectivity index (χ0v) is 14.1. The molecule has 0 N–H and O–H groups in total. The molecule has 0 bridgehead atoms. The summed E-state index contributed by atoms with van der Waals surface area (Å²) < 4.78 is 1.76. The van der Waals surface area contributed by atoms with E-state index in [-0.39, 0.29) is 17.3 Å². The fourth-order valence-corrected chi connectivity index (χ4v) is 2.78. The van der Waals surface area contributed by atoms with Gasteiger partial charge in [-0.3, -0.25) is 4.79 Å². The van der Waals surface area contributed by atoms with Gasteiger partial charge in [0.2, 0.25) is 11.6 Å². The number of carbonyl (C=O) groups excluding carboxylic acids is 1. The lowest BCUT2D eigenvalue weighted by Gasteiger charge is -2.07. The van der Waals surface area contributed by atoms with E-state index in [9.17, 15) is 10.1 Å². The van der Waals surface area contributed by atoms with Crippen LogP contribution >= 0.6 is 0 Å². The Hall–Kier alpha value is -4.11. The molecule has 4 rings (SSSR count). The molecule has 0 unspecified atom stereocenters. The van der Waals surface area contributed by atoms with Crippen LogP contribution in [-0.4, -0.2) is 25.3 Å². The van der Waals surface area contributed by atoms with Gasteiger partial charge in [-0.15, -0.1) is 0 Å². The molecule has 0 aliphatic rings. The standard InChI is InChI=1S/C21H13N5O/c22-12-16-5-1-2-8-18(16)15-6-3-7-17(11-15)26-13-19(25-14-26)20(27)21-23-9-4-10-24-21/h1-11,13-14H. The van der Waals surface area contributed by atoms with E-state index in [4.69, 9.17) is 0 Å². The molecule has 0 atom stereocenters. The fraction of sp³-hybridized carbons (Fsp3) is 0. The molecule has 0 amide bonds. The molecule has 0 spiro atoms. The average Bonchev–Trinajstić information content (AvgIpc) is 3.24. The summed E-state index contributed by atoms with van der Waals surface area (Å²) in [5.41, 5.74) is 3.48. The Morgan fingerprint density at radius 1 is 0.963 bits per heavy atom. The van der Waals surface area contributed by atoms with Gasteiger partial charge in [0, 0.05) is 24.3 Å². The average molecular weight is 351 g/mol. The molecule has 0 radical (unpaired) electrons. The van der Waals surface area contributed by atoms with Crippen LogP contribution in [0.3, 0.4) is 0 Å². The van der Waals surface area contributed by atoms with Crippen LogP contribution in [0.2, 0.25) is 0 Å². The first kappa shape index (κ1) is 16.4. The van der Waals surface area contributed by atoms with Crippen LogP contribution in [0, 0.1) is 11.3 Å². The molecule has 0 saturated heterocycles. The molecule has 128 valence electrons. The second kappa shape index (κ2) is 7.02. The number of ketones is 1. The number of hydrogen-bond acceptors (Lipinski definition) is 5. The van der Waals surface area contributed by atoms with Crippen molar-refractivity contribution in [1.82, 2.24) is 19.5 Å². The van der Waals surface area contributed by atoms with Crippen LogP contribution in [0.4, 0.5) is 0 Å². The van der Waals surface area contributed by atoms with Gasteiger partial charge in [-0.2, -0.15) is 5.26 Å². The number of rotatable bonds is 4. The van der Waals surface area contributed by atoms with Crippen molar-refractivity contribution in [2.45, 2.75) is 0 Å². The highest BCUT2D eigenvalue weighted by atomic mass is 16.1. The van der Waals surface area contributed by atoms with Gasteiger partial charge in [-0.25, -0.2) is 15.0 Å². The Morgan fingerprint density at radius 3 is 2.59 bits per heavy atom. The van der Waals surface area contributed by atoms with E-state index in [2.05, 4.69) is 21.0 Å². The van der Waals surface area contributed by atoms with E-state index in [1.54, 1.807) is 29.2 Å². The third-order valence-electron chi connectivity index (χ3n) is 4.09. The number of benzene rings is 2. The zero-order chi connectivity index (χ0) is 18.6. The predicted octanol–water partition coefficient (Wildman–Crippen LogP) is 3.43. The van der Waals surface area contributed by atoms with E-state index in [0.29, 0.717) is 5.56 Å². The van der Waals surface area contributed by atoms with Crippen LogP contribution in [0.25, 0.3) is 16.8 Å². The molecule has 4 aromatic rings. The van der Waals surface area contributed by atoms with Gasteiger partial charge < -0.3 is 4.57 Å². The molecular formula is C21H13N5O. The van der Waals surface area contributed by atoms with E-state index >= 15 is 0 Å². The minimum Gasteiger partial charge on any atom is -0.306 e. The van der Waals surface area contributed by atoms with E-state index in [0.717, 1.165) is 16.8 Å². The minimum atomic E-state index is -0.333. The Morgan fingerprint density at radius 2 is 1.78 bits per heavy atom. The van der Waals surface area contributed by atoms with Gasteiger partial charge in [0.1, 0.15) is 12.0 Å². The summed E-state index contributed by atoms with van der Waals surface area (Å²) in [6, 6.07) is 19.0. The summed E-state index contributed by atoms with van der Waals surface area (Å²) in [7, 11) is 0. The molecule has 6 nitrogen and oxygen atoms in total. The lowest BCUT2D eigenvalue weighted by molar-refractivity contribution is 0.102. The summed E-state index contributed by atoms with van der Waals surface area (Å²) in [6.45, 7) is 0. The van der Waals surface area contributed by atoms with Crippen LogP contribution in [0.1, 0.15) is 21.9 Å². The smallest absolute Gasteiger partial charge is 0.250 e. The Labute approximate surface area is 155 Å². The van der Waals surface area contributed by atoms with Crippen molar-refractivity contribution < 1.29 is 4.79 Å². The van der Waals surface area contributed by atoms with Gasteiger partial charge in [0.25, 0.3) is 0 Å². The molecule has 2 aromatic carbocycles. The lowest BCUT2D eigenvalue weighted by atomic mass is 10.00. The van der Waals surface area contributed by atoms with Crippen LogP contribution in [-0.2, 0) is 0 Å². The quantitative estimate of drug-likeness (QED) is 0.526. The third-order valence-corrected chi connectivity index (χ3v) is 4.09. The largest absolute Gasteiger partial charge is 0.306 e. The van der Waals surface area contributed by atoms with Crippen molar-refractivity contribution in [2.24, 2.45) is 0 Å². The van der Waals surface area contributed by atoms with Crippen molar-refractivity contribution in [3.8, 4) is 22.9 Å². The van der Waals surface area contributed by atoms with Crippen molar-refractivity contribution >= 4 is 5.78 Å². The highest BCUT2D eigenvalue weighted by Crippen LogP contribution is 2.25. The first-order valence-corrected chi connectivity index (χ1v) is 8.22. The van der Waals surface area contributed by atoms with E-state index < -0.39 is 0 Å². The topological polar surface area (TPSA) is 84.5 Å². The van der Waals surface area contributed by atoms with Crippen molar-refractivity contribution in [2.75, 3.05) is 0 Å². The number of aromatic nitrogens is 4. The van der Waals surface area contributed by atoms with E-state index in [1.165, 1.54) is 12.4 Å². The van der Waals surface area contributed by atoms with Gasteiger partial charge in [-0.05, 0) is 35.4 Å². The summed E-state index contributed by atoms with van der Waals surface area (Å²) in [5.74, 6) is -0.222. The van der Waals surface area contributed by atoms with Gasteiger partial charge in [0.05, 0.1) is 11.6 Å². The number of carbonyl (C=O) groups is 1. The molecule has 2 heterocycles. The Kier molecular flexibility index (Phi) is 4.25. The summed E-state index contributed by atoms with van der Waals surface area (Å²) in [4.78, 5) is 24.6. The van der Waals surface area contributed by atoms with Crippen LogP contribution in [0.5, 0.6) is 0 Å². The molecule has 6 heteroatoms. The fourth-order valence-electron chi connectivity index (χ4n) is 2.78. The highest BCUT2D eigenvalue weighted by molar-refractivity contribution is 6.04. The van der Waals surface area contributed by atoms with Crippen LogP contribution < -0.4 is 0 Å². The van der Waals surface area contributed by atoms with Gasteiger partial charge in [-0.1, -0.05) is 30.3 Å². The number of nitrogens with zero attached hydrogens (tertiary/aromatic N) is 5. The number of hydrogen-bond donors (Lipinski definition) is 0. The minimum absolute atomic E-state index is 0.111. The Bertz CT molecular complexity index is 1160. The SMILES string of the molecule is N#Cc1ccccc1-c1cccc(-n2cnc(C(=O)c3ncccn3)c2)c1. The predicted molar refractivity (Wildman–Crippen MR) is 99.2 cm³/mol. The zero-order valence-electron chi connectivity index (χ0n) is 14.1. The van der Waals surface area contributed by atoms with Gasteiger partial charge >= 0.3 is 0 Å². The summed E-state index contributed by atoms with van der Waals surface area (Å²) in [5, 5.41) is 9.32. The molecule has 0 saturated carbocycles. The normalized spacial score (nSPS) is 10.3. The van der Waals surface area contributed by atoms with Crippen molar-refractivity contribution in [1.29, 1.82) is 5.26 Å². The monoisotopic (exact) mass is 351 g/mol. The summed E-state index contributed by atoms with van der Waals surface area (Å²) in [6.07, 6.45) is 6.26. The highest BCUT2D eigenvalue weighted by Gasteiger charge is 2.15. The number of imidazole rings is 1. The molecule has 0 aliphatic heterocycles. The number of nitriles is 1. The maximum absolute atomic E-state index is 12.4. The third kappa shape index (κ3) is 3.22. The van der Waals surface area contributed by atoms with E-state index in [1.807, 2.05) is 42.5 Å². The molecule has 2 aromatic heterocycles. The van der Waals surface area contributed by atoms with Gasteiger partial charge in [0.15, 0.2) is 0 Å². The molecule has 0 fully saturated rings. The van der Waals surface area contributed by atoms with Crippen LogP contribution in [0.15, 0.2) is 79.5 Å². The first-order chi connectivity index (χ1) is 13.3. The molecule has 0 aliphatic carbocycles. The first-order valence-electron chi connectivity index (χ1n) is 8.22. The lowest BCUT2D eigenvalue weighted by Crippen LogP contribution is -2.06. The summed E-state index contributed by atoms with van der Waals surface area (Å²) >= 11 is 0. The molecular weight excluding hydrogens is 338 g/mol.